The predicted octanol–water partition coefficient (Wildman–Crippen LogP) is 3.27. The Balaban J connectivity index is 0.000000148. The second-order valence-corrected chi connectivity index (χ2v) is 7.20. The van der Waals surface area contributed by atoms with Gasteiger partial charge in [0.25, 0.3) is 5.56 Å². The highest BCUT2D eigenvalue weighted by Gasteiger charge is 2.12. The average molecular weight is 513 g/mol. The molecule has 0 unspecified atom stereocenters. The maximum atomic E-state index is 12.9. The van der Waals surface area contributed by atoms with Crippen molar-refractivity contribution in [2.24, 2.45) is 0 Å². The molecule has 0 aliphatic carbocycles. The first kappa shape index (κ1) is 22.7. The number of halogens is 3. The fourth-order valence-corrected chi connectivity index (χ4v) is 2.95. The average Bonchev–Trinajstić information content (AvgIpc) is 3.70. The van der Waals surface area contributed by atoms with Crippen LogP contribution in [0.1, 0.15) is 0 Å². The lowest BCUT2D eigenvalue weighted by atomic mass is 10.3. The summed E-state index contributed by atoms with van der Waals surface area (Å²) in [6, 6.07) is 6.59. The molecule has 0 fully saturated rings. The Morgan fingerprint density at radius 1 is 0.806 bits per heavy atom. The topological polar surface area (TPSA) is 181 Å². The van der Waals surface area contributed by atoms with Crippen molar-refractivity contribution in [1.82, 2.24) is 50.6 Å². The molecule has 0 radical (unpaired) electrons. The van der Waals surface area contributed by atoms with Gasteiger partial charge in [0.15, 0.2) is 22.6 Å². The molecule has 0 aliphatic rings. The van der Waals surface area contributed by atoms with Gasteiger partial charge in [-0.15, -0.1) is 0 Å². The van der Waals surface area contributed by atoms with Crippen LogP contribution in [-0.4, -0.2) is 50.6 Å². The van der Waals surface area contributed by atoms with Crippen LogP contribution in [0.4, 0.5) is 8.78 Å². The van der Waals surface area contributed by atoms with E-state index in [-0.39, 0.29) is 16.8 Å². The number of nitrogens with zero attached hydrogens (tertiary/aromatic N) is 7. The van der Waals surface area contributed by atoms with Crippen LogP contribution in [0.15, 0.2) is 63.0 Å². The lowest BCUT2D eigenvalue weighted by Gasteiger charge is -1.96. The van der Waals surface area contributed by atoms with Gasteiger partial charge < -0.3 is 14.0 Å². The molecule has 0 saturated heterocycles. The van der Waals surface area contributed by atoms with Crippen molar-refractivity contribution in [2.75, 3.05) is 0 Å². The van der Waals surface area contributed by atoms with Gasteiger partial charge >= 0.3 is 0 Å². The summed E-state index contributed by atoms with van der Waals surface area (Å²) in [5.74, 6) is -1.15. The van der Waals surface area contributed by atoms with E-state index in [1.54, 1.807) is 24.3 Å². The lowest BCUT2D eigenvalue weighted by Crippen LogP contribution is -2.12. The highest BCUT2D eigenvalue weighted by atomic mass is 35.5. The zero-order valence-corrected chi connectivity index (χ0v) is 18.4. The van der Waals surface area contributed by atoms with E-state index in [1.807, 2.05) is 0 Å². The van der Waals surface area contributed by atoms with Gasteiger partial charge in [-0.3, -0.25) is 15.0 Å². The first-order valence-corrected chi connectivity index (χ1v) is 10.2. The Hall–Kier alpha value is -5.05. The zero-order chi connectivity index (χ0) is 25.1. The number of hydrogen-bond acceptors (Lipinski definition) is 10. The normalized spacial score (nSPS) is 10.8. The van der Waals surface area contributed by atoms with Crippen molar-refractivity contribution in [1.29, 1.82) is 0 Å². The molecule has 6 aromatic heterocycles. The third-order valence-electron chi connectivity index (χ3n) is 4.51. The summed E-state index contributed by atoms with van der Waals surface area (Å²) in [6.07, 6.45) is 4.71. The molecule has 6 heterocycles. The summed E-state index contributed by atoms with van der Waals surface area (Å²) < 4.78 is 35.1. The summed E-state index contributed by atoms with van der Waals surface area (Å²) >= 11 is 5.58. The summed E-state index contributed by atoms with van der Waals surface area (Å²) in [6.45, 7) is 0. The number of H-pyrrole nitrogens is 3. The molecule has 36 heavy (non-hydrogen) atoms. The van der Waals surface area contributed by atoms with Crippen molar-refractivity contribution < 1.29 is 17.8 Å². The fourth-order valence-electron chi connectivity index (χ4n) is 2.82. The van der Waals surface area contributed by atoms with Crippen molar-refractivity contribution in [3.8, 4) is 45.8 Å². The van der Waals surface area contributed by atoms with Crippen LogP contribution >= 0.6 is 11.6 Å². The monoisotopic (exact) mass is 512 g/mol. The van der Waals surface area contributed by atoms with Gasteiger partial charge in [0.2, 0.25) is 5.82 Å². The highest BCUT2D eigenvalue weighted by Crippen LogP contribution is 2.22. The van der Waals surface area contributed by atoms with Gasteiger partial charge in [-0.2, -0.15) is 14.6 Å². The van der Waals surface area contributed by atoms with E-state index < -0.39 is 17.2 Å². The molecule has 0 amide bonds. The van der Waals surface area contributed by atoms with E-state index in [4.69, 9.17) is 20.6 Å². The van der Waals surface area contributed by atoms with Crippen molar-refractivity contribution in [2.45, 2.75) is 0 Å². The Morgan fingerprint density at radius 3 is 2.00 bits per heavy atom. The maximum Gasteiger partial charge on any atom is 0.287 e. The minimum atomic E-state index is -0.935. The third kappa shape index (κ3) is 4.76. The van der Waals surface area contributed by atoms with E-state index in [2.05, 4.69) is 50.6 Å². The zero-order valence-electron chi connectivity index (χ0n) is 17.6. The van der Waals surface area contributed by atoms with E-state index in [0.717, 1.165) is 12.4 Å². The number of aromatic nitrogens is 10. The summed E-state index contributed by atoms with van der Waals surface area (Å²) in [5.41, 5.74) is 2.35. The summed E-state index contributed by atoms with van der Waals surface area (Å²) in [7, 11) is 0. The number of rotatable bonds is 4. The number of nitrogens with one attached hydrogen (secondary N) is 3. The molecule has 0 bridgehead atoms. The van der Waals surface area contributed by atoms with Crippen LogP contribution in [0, 0.1) is 11.6 Å². The van der Waals surface area contributed by atoms with Crippen LogP contribution in [0.3, 0.4) is 0 Å². The molecule has 0 aliphatic heterocycles. The Morgan fingerprint density at radius 2 is 1.42 bits per heavy atom. The molecule has 0 atom stereocenters. The molecule has 0 aromatic carbocycles. The molecule has 180 valence electrons. The van der Waals surface area contributed by atoms with E-state index >= 15 is 0 Å². The lowest BCUT2D eigenvalue weighted by molar-refractivity contribution is 0.422. The summed E-state index contributed by atoms with van der Waals surface area (Å²) in [5, 5.41) is 20.6. The van der Waals surface area contributed by atoms with Crippen LogP contribution in [0.2, 0.25) is 5.15 Å². The van der Waals surface area contributed by atoms with Gasteiger partial charge in [0.05, 0.1) is 12.4 Å². The molecule has 3 N–H and O–H groups in total. The van der Waals surface area contributed by atoms with Crippen LogP contribution in [-0.2, 0) is 0 Å². The van der Waals surface area contributed by atoms with Crippen molar-refractivity contribution in [3.05, 3.63) is 76.3 Å². The van der Waals surface area contributed by atoms with Gasteiger partial charge in [-0.25, -0.2) is 19.3 Å². The predicted molar refractivity (Wildman–Crippen MR) is 118 cm³/mol. The van der Waals surface area contributed by atoms with E-state index in [0.29, 0.717) is 34.2 Å². The quantitative estimate of drug-likeness (QED) is 0.296. The largest absolute Gasteiger partial charge is 0.364 e. The molecular formula is C20H11ClF2N10O3. The second-order valence-electron chi connectivity index (χ2n) is 6.84. The van der Waals surface area contributed by atoms with Crippen molar-refractivity contribution >= 4 is 11.6 Å². The van der Waals surface area contributed by atoms with E-state index in [9.17, 15) is 13.6 Å². The first-order valence-electron chi connectivity index (χ1n) is 9.84. The Kier molecular flexibility index (Phi) is 6.10. The molecule has 0 spiro atoms. The molecule has 6 rings (SSSR count). The van der Waals surface area contributed by atoms with Gasteiger partial charge in [0.1, 0.15) is 46.7 Å². The fraction of sp³-hybridized carbons (Fsp3) is 0. The SMILES string of the molecule is Fc1cnc(-c2cc(-c3ccon3)n[nH]2)nc1Cl.O=c1[nH]c(-c2cc(-c3ccon3)n[nH]2)ncc1F. The molecule has 0 saturated carbocycles. The van der Waals surface area contributed by atoms with Crippen LogP contribution < -0.4 is 5.56 Å². The molecule has 13 nitrogen and oxygen atoms in total. The van der Waals surface area contributed by atoms with Crippen molar-refractivity contribution in [3.63, 3.8) is 0 Å². The summed E-state index contributed by atoms with van der Waals surface area (Å²) in [4.78, 5) is 24.8. The number of hydrogen-bond donors (Lipinski definition) is 3. The Bertz CT molecular complexity index is 1660. The second kappa shape index (κ2) is 9.67. The maximum absolute atomic E-state index is 12.9. The molecule has 16 heteroatoms. The smallest absolute Gasteiger partial charge is 0.287 e. The highest BCUT2D eigenvalue weighted by molar-refractivity contribution is 6.29. The molecule has 6 aromatic rings. The number of aromatic amines is 3. The Labute approximate surface area is 202 Å². The van der Waals surface area contributed by atoms with Gasteiger partial charge in [-0.05, 0) is 12.1 Å². The first-order chi connectivity index (χ1) is 17.5. The molecular weight excluding hydrogens is 502 g/mol. The van der Waals surface area contributed by atoms with Crippen LogP contribution in [0.25, 0.3) is 45.8 Å². The van der Waals surface area contributed by atoms with E-state index in [1.165, 1.54) is 12.5 Å². The third-order valence-corrected chi connectivity index (χ3v) is 4.77. The van der Waals surface area contributed by atoms with Crippen LogP contribution in [0.5, 0.6) is 0 Å². The standard InChI is InChI=1S/C10H5ClFN5O.C10H6FN5O2/c11-9-5(12)4-13-10(14-9)8-3-7(15-16-8)6-1-2-18-17-6;11-5-4-12-9(13-10(5)17)8-3-7(14-15-8)6-1-2-18-16-6/h1-4H,(H,15,16);1-4H,(H,14,15)(H,12,13,17). The van der Waals surface area contributed by atoms with Gasteiger partial charge in [-0.1, -0.05) is 21.9 Å². The van der Waals surface area contributed by atoms with Gasteiger partial charge in [0, 0.05) is 12.1 Å². The minimum absolute atomic E-state index is 0.198. The minimum Gasteiger partial charge on any atom is -0.364 e.